The van der Waals surface area contributed by atoms with Gasteiger partial charge < -0.3 is 5.73 Å². The van der Waals surface area contributed by atoms with Crippen molar-refractivity contribution in [1.29, 1.82) is 0 Å². The van der Waals surface area contributed by atoms with E-state index in [1.54, 1.807) is 11.3 Å². The topological polar surface area (TPSA) is 38.9 Å². The Morgan fingerprint density at radius 3 is 2.38 bits per heavy atom. The highest BCUT2D eigenvalue weighted by atomic mass is 32.1. The monoisotopic (exact) mass is 234 g/mol. The Morgan fingerprint density at radius 2 is 1.81 bits per heavy atom. The summed E-state index contributed by atoms with van der Waals surface area (Å²) in [4.78, 5) is 4.47. The number of hydrogen-bond donors (Lipinski definition) is 1. The first-order chi connectivity index (χ1) is 7.50. The van der Waals surface area contributed by atoms with Gasteiger partial charge in [-0.3, -0.25) is 0 Å². The van der Waals surface area contributed by atoms with E-state index in [2.05, 4.69) is 44.8 Å². The normalized spacial score (nSPS) is 11.9. The molecule has 0 spiro atoms. The molecule has 0 saturated carbocycles. The van der Waals surface area contributed by atoms with Crippen molar-refractivity contribution in [2.75, 3.05) is 5.73 Å². The van der Waals surface area contributed by atoms with Gasteiger partial charge in [-0.2, -0.15) is 0 Å². The summed E-state index contributed by atoms with van der Waals surface area (Å²) in [5.74, 6) is 1.02. The van der Waals surface area contributed by atoms with Crippen LogP contribution in [0.5, 0.6) is 0 Å². The first kappa shape index (κ1) is 11.4. The molecule has 2 rings (SSSR count). The van der Waals surface area contributed by atoms with Gasteiger partial charge in [0.2, 0.25) is 0 Å². The number of rotatable bonds is 2. The van der Waals surface area contributed by atoms with Crippen LogP contribution in [0.4, 0.5) is 5.13 Å². The molecule has 0 aliphatic rings. The smallest absolute Gasteiger partial charge is 0.181 e. The molecule has 1 heterocycles. The first-order valence-corrected chi connectivity index (χ1v) is 6.51. The average Bonchev–Trinajstić information content (AvgIpc) is 2.55. The zero-order valence-electron chi connectivity index (χ0n) is 10.2. The molecular formula is C13H18N2S. The lowest BCUT2D eigenvalue weighted by Gasteiger charge is -2.16. The average molecular weight is 234 g/mol. The molecule has 0 fully saturated rings. The van der Waals surface area contributed by atoms with Gasteiger partial charge in [0, 0.05) is 0 Å². The molecule has 0 bridgehead atoms. The van der Waals surface area contributed by atoms with Crippen molar-refractivity contribution in [2.24, 2.45) is 0 Å². The minimum absolute atomic E-state index is 0.489. The molecule has 1 aromatic heterocycles. The third-order valence-corrected chi connectivity index (χ3v) is 3.70. The largest absolute Gasteiger partial charge is 0.375 e. The third-order valence-electron chi connectivity index (χ3n) is 2.85. The van der Waals surface area contributed by atoms with Crippen LogP contribution in [0.3, 0.4) is 0 Å². The van der Waals surface area contributed by atoms with E-state index in [1.807, 2.05) is 0 Å². The van der Waals surface area contributed by atoms with Gasteiger partial charge in [0.1, 0.15) is 0 Å². The number of hydrogen-bond acceptors (Lipinski definition) is 3. The highest BCUT2D eigenvalue weighted by molar-refractivity contribution is 7.22. The first-order valence-electron chi connectivity index (χ1n) is 5.69. The predicted octanol–water partition coefficient (Wildman–Crippen LogP) is 4.13. The number of nitrogens with zero attached hydrogens (tertiary/aromatic N) is 1. The van der Waals surface area contributed by atoms with Gasteiger partial charge in [-0.1, -0.05) is 45.1 Å². The standard InChI is InChI=1S/C13H18N2S/c1-7(2)9-5-6-10-12(11(9)8(3)4)15-13(14)16-10/h5-8H,1-4H3,(H2,14,15). The van der Waals surface area contributed by atoms with Crippen molar-refractivity contribution in [3.05, 3.63) is 23.3 Å². The summed E-state index contributed by atoms with van der Waals surface area (Å²) in [5.41, 5.74) is 9.65. The van der Waals surface area contributed by atoms with Crippen LogP contribution in [0.1, 0.15) is 50.7 Å². The number of nitrogens with two attached hydrogens (primary N) is 1. The van der Waals surface area contributed by atoms with E-state index >= 15 is 0 Å². The molecule has 0 amide bonds. The van der Waals surface area contributed by atoms with Gasteiger partial charge in [-0.05, 0) is 29.0 Å². The fourth-order valence-electron chi connectivity index (χ4n) is 2.16. The number of fused-ring (bicyclic) bond motifs is 1. The van der Waals surface area contributed by atoms with Crippen molar-refractivity contribution >= 4 is 26.7 Å². The van der Waals surface area contributed by atoms with Crippen LogP contribution < -0.4 is 5.73 Å². The lowest BCUT2D eigenvalue weighted by Crippen LogP contribution is -1.99. The van der Waals surface area contributed by atoms with E-state index < -0.39 is 0 Å². The van der Waals surface area contributed by atoms with Crippen molar-refractivity contribution in [1.82, 2.24) is 4.98 Å². The van der Waals surface area contributed by atoms with Gasteiger partial charge >= 0.3 is 0 Å². The Kier molecular flexibility index (Phi) is 2.89. The fourth-order valence-corrected chi connectivity index (χ4v) is 2.91. The van der Waals surface area contributed by atoms with E-state index in [4.69, 9.17) is 5.73 Å². The van der Waals surface area contributed by atoms with Crippen LogP contribution >= 0.6 is 11.3 Å². The van der Waals surface area contributed by atoms with Crippen LogP contribution in [-0.4, -0.2) is 4.98 Å². The second-order valence-corrected chi connectivity index (χ2v) is 5.84. The maximum atomic E-state index is 5.79. The molecule has 2 N–H and O–H groups in total. The van der Waals surface area contributed by atoms with E-state index in [0.29, 0.717) is 17.0 Å². The molecule has 0 aliphatic carbocycles. The summed E-state index contributed by atoms with van der Waals surface area (Å²) >= 11 is 1.57. The number of aromatic nitrogens is 1. The molecule has 1 aromatic carbocycles. The van der Waals surface area contributed by atoms with E-state index in [1.165, 1.54) is 15.8 Å². The van der Waals surface area contributed by atoms with Crippen molar-refractivity contribution in [2.45, 2.75) is 39.5 Å². The molecule has 0 saturated heterocycles. The van der Waals surface area contributed by atoms with Crippen LogP contribution in [0.25, 0.3) is 10.2 Å². The Hall–Kier alpha value is -1.09. The van der Waals surface area contributed by atoms with E-state index in [9.17, 15) is 0 Å². The summed E-state index contributed by atoms with van der Waals surface area (Å²) in [6, 6.07) is 4.37. The summed E-state index contributed by atoms with van der Waals surface area (Å²) in [7, 11) is 0. The number of nitrogen functional groups attached to an aromatic ring is 1. The zero-order chi connectivity index (χ0) is 11.9. The summed E-state index contributed by atoms with van der Waals surface area (Å²) in [5, 5.41) is 0.665. The van der Waals surface area contributed by atoms with Crippen molar-refractivity contribution in [3.8, 4) is 0 Å². The van der Waals surface area contributed by atoms with Crippen LogP contribution in [0.2, 0.25) is 0 Å². The molecule has 0 unspecified atom stereocenters. The zero-order valence-corrected chi connectivity index (χ0v) is 11.1. The Labute approximate surface area is 101 Å². The van der Waals surface area contributed by atoms with Gasteiger partial charge in [-0.15, -0.1) is 0 Å². The lowest BCUT2D eigenvalue weighted by atomic mass is 9.90. The maximum Gasteiger partial charge on any atom is 0.181 e. The second-order valence-electron chi connectivity index (χ2n) is 4.78. The van der Waals surface area contributed by atoms with Crippen LogP contribution in [-0.2, 0) is 0 Å². The van der Waals surface area contributed by atoms with Crippen LogP contribution in [0, 0.1) is 0 Å². The molecule has 2 aromatic rings. The minimum Gasteiger partial charge on any atom is -0.375 e. The highest BCUT2D eigenvalue weighted by Gasteiger charge is 2.16. The maximum absolute atomic E-state index is 5.79. The van der Waals surface area contributed by atoms with Gasteiger partial charge in [0.05, 0.1) is 10.2 Å². The summed E-state index contributed by atoms with van der Waals surface area (Å²) in [6.07, 6.45) is 0. The minimum atomic E-state index is 0.489. The summed E-state index contributed by atoms with van der Waals surface area (Å²) < 4.78 is 1.20. The van der Waals surface area contributed by atoms with Crippen LogP contribution in [0.15, 0.2) is 12.1 Å². The molecule has 16 heavy (non-hydrogen) atoms. The predicted molar refractivity (Wildman–Crippen MR) is 72.2 cm³/mol. The lowest BCUT2D eigenvalue weighted by molar-refractivity contribution is 0.796. The third kappa shape index (κ3) is 1.80. The number of thiazole rings is 1. The highest BCUT2D eigenvalue weighted by Crippen LogP contribution is 2.35. The van der Waals surface area contributed by atoms with Gasteiger partial charge in [0.15, 0.2) is 5.13 Å². The summed E-state index contributed by atoms with van der Waals surface area (Å²) in [6.45, 7) is 8.89. The molecule has 86 valence electrons. The number of benzene rings is 1. The molecule has 2 nitrogen and oxygen atoms in total. The van der Waals surface area contributed by atoms with Gasteiger partial charge in [0.25, 0.3) is 0 Å². The Morgan fingerprint density at radius 1 is 1.12 bits per heavy atom. The van der Waals surface area contributed by atoms with Gasteiger partial charge in [-0.25, -0.2) is 4.98 Å². The van der Waals surface area contributed by atoms with Crippen molar-refractivity contribution < 1.29 is 0 Å². The van der Waals surface area contributed by atoms with E-state index in [-0.39, 0.29) is 0 Å². The fraction of sp³-hybridized carbons (Fsp3) is 0.462. The quantitative estimate of drug-likeness (QED) is 0.848. The Balaban J connectivity index is 2.78. The SMILES string of the molecule is CC(C)c1ccc2sc(N)nc2c1C(C)C. The molecule has 0 atom stereocenters. The van der Waals surface area contributed by atoms with E-state index in [0.717, 1.165) is 5.52 Å². The second kappa shape index (κ2) is 4.06. The molecule has 0 radical (unpaired) electrons. The molecular weight excluding hydrogens is 216 g/mol. The molecule has 0 aliphatic heterocycles. The Bertz CT molecular complexity index is 512. The van der Waals surface area contributed by atoms with Crippen molar-refractivity contribution in [3.63, 3.8) is 0 Å². The number of anilines is 1. The molecule has 3 heteroatoms.